The molecule has 0 fully saturated rings. The van der Waals surface area contributed by atoms with Crippen molar-refractivity contribution in [3.05, 3.63) is 67.7 Å². The molecule has 0 saturated heterocycles. The third-order valence-corrected chi connectivity index (χ3v) is 4.55. The molecule has 1 atom stereocenters. The molecule has 0 aromatic heterocycles. The summed E-state index contributed by atoms with van der Waals surface area (Å²) in [5.74, 6) is -1.24. The number of nitrogens with zero attached hydrogens (tertiary/aromatic N) is 1. The molecule has 0 aliphatic carbocycles. The molecule has 0 radical (unpaired) electrons. The van der Waals surface area contributed by atoms with Crippen LogP contribution < -0.4 is 10.1 Å². The zero-order chi connectivity index (χ0) is 22.3. The first-order chi connectivity index (χ1) is 14.2. The first kappa shape index (κ1) is 23.4. The normalized spacial score (nSPS) is 11.5. The highest BCUT2D eigenvalue weighted by Crippen LogP contribution is 2.31. The number of aliphatic hydroxyl groups excluding tert-OH is 1. The maximum Gasteiger partial charge on any atom is 0.338 e. The van der Waals surface area contributed by atoms with E-state index in [4.69, 9.17) is 32.7 Å². The van der Waals surface area contributed by atoms with E-state index in [0.717, 1.165) is 12.1 Å². The second-order valence-corrected chi connectivity index (χ2v) is 6.76. The first-order valence-corrected chi connectivity index (χ1v) is 9.48. The number of halogens is 2. The summed E-state index contributed by atoms with van der Waals surface area (Å²) in [6.07, 6.45) is -1.10. The van der Waals surface area contributed by atoms with Crippen molar-refractivity contribution < 1.29 is 29.1 Å². The van der Waals surface area contributed by atoms with Gasteiger partial charge in [0.2, 0.25) is 0 Å². The Morgan fingerprint density at radius 3 is 2.60 bits per heavy atom. The molecular formula is C19H18Cl2N2O7. The SMILES string of the molecule is CCOC(=O)c1cc(C(=O)NCC(O)COc2cccc(Cl)c2Cl)cc([N+](=O)[O-])c1. The third kappa shape index (κ3) is 6.31. The quantitative estimate of drug-likeness (QED) is 0.336. The van der Waals surface area contributed by atoms with Crippen molar-refractivity contribution >= 4 is 40.8 Å². The van der Waals surface area contributed by atoms with Gasteiger partial charge in [-0.15, -0.1) is 0 Å². The Labute approximate surface area is 181 Å². The Kier molecular flexibility index (Phi) is 8.40. The van der Waals surface area contributed by atoms with E-state index >= 15 is 0 Å². The van der Waals surface area contributed by atoms with Gasteiger partial charge in [0.1, 0.15) is 23.5 Å². The third-order valence-electron chi connectivity index (χ3n) is 3.75. The molecule has 2 aromatic rings. The van der Waals surface area contributed by atoms with Gasteiger partial charge in [-0.25, -0.2) is 4.79 Å². The Bertz CT molecular complexity index is 952. The number of ether oxygens (including phenoxy) is 2. The van der Waals surface area contributed by atoms with Crippen molar-refractivity contribution in [2.24, 2.45) is 0 Å². The van der Waals surface area contributed by atoms with Gasteiger partial charge in [-0.05, 0) is 25.1 Å². The van der Waals surface area contributed by atoms with Gasteiger partial charge >= 0.3 is 5.97 Å². The molecule has 1 amide bonds. The maximum atomic E-state index is 12.4. The topological polar surface area (TPSA) is 128 Å². The molecule has 0 aliphatic rings. The van der Waals surface area contributed by atoms with Crippen molar-refractivity contribution in [2.45, 2.75) is 13.0 Å². The van der Waals surface area contributed by atoms with Crippen molar-refractivity contribution in [1.29, 1.82) is 0 Å². The predicted molar refractivity (Wildman–Crippen MR) is 109 cm³/mol. The number of hydrogen-bond donors (Lipinski definition) is 2. The van der Waals surface area contributed by atoms with Gasteiger partial charge in [0.15, 0.2) is 0 Å². The van der Waals surface area contributed by atoms with Crippen LogP contribution in [0, 0.1) is 10.1 Å². The van der Waals surface area contributed by atoms with Gasteiger partial charge in [-0.3, -0.25) is 14.9 Å². The summed E-state index contributed by atoms with van der Waals surface area (Å²) in [5, 5.41) is 24.0. The van der Waals surface area contributed by atoms with Crippen LogP contribution in [0.25, 0.3) is 0 Å². The minimum absolute atomic E-state index is 0.0753. The van der Waals surface area contributed by atoms with Crippen molar-refractivity contribution in [3.63, 3.8) is 0 Å². The monoisotopic (exact) mass is 456 g/mol. The number of amides is 1. The summed E-state index contributed by atoms with van der Waals surface area (Å²) in [6.45, 7) is 1.26. The van der Waals surface area contributed by atoms with Crippen molar-refractivity contribution in [2.75, 3.05) is 19.8 Å². The molecular weight excluding hydrogens is 439 g/mol. The number of benzene rings is 2. The van der Waals surface area contributed by atoms with Crippen LogP contribution in [0.3, 0.4) is 0 Å². The first-order valence-electron chi connectivity index (χ1n) is 8.72. The summed E-state index contributed by atoms with van der Waals surface area (Å²) < 4.78 is 10.2. The number of nitro groups is 1. The second-order valence-electron chi connectivity index (χ2n) is 5.97. The van der Waals surface area contributed by atoms with E-state index in [0.29, 0.717) is 5.02 Å². The van der Waals surface area contributed by atoms with Crippen LogP contribution in [0.4, 0.5) is 5.69 Å². The van der Waals surface area contributed by atoms with Gasteiger partial charge in [0, 0.05) is 24.2 Å². The van der Waals surface area contributed by atoms with Crippen LogP contribution in [0.5, 0.6) is 5.75 Å². The van der Waals surface area contributed by atoms with Gasteiger partial charge in [-0.1, -0.05) is 29.3 Å². The van der Waals surface area contributed by atoms with Gasteiger partial charge in [0.05, 0.1) is 22.1 Å². The van der Waals surface area contributed by atoms with Crippen molar-refractivity contribution in [1.82, 2.24) is 5.32 Å². The Balaban J connectivity index is 2.01. The molecule has 0 aliphatic heterocycles. The number of esters is 1. The van der Waals surface area contributed by atoms with E-state index < -0.39 is 28.6 Å². The summed E-state index contributed by atoms with van der Waals surface area (Å²) >= 11 is 11.9. The van der Waals surface area contributed by atoms with Crippen molar-refractivity contribution in [3.8, 4) is 5.75 Å². The number of carbonyl (C=O) groups is 2. The number of rotatable bonds is 9. The van der Waals surface area contributed by atoms with Crippen LogP contribution in [-0.2, 0) is 4.74 Å². The van der Waals surface area contributed by atoms with Gasteiger partial charge < -0.3 is 19.9 Å². The van der Waals surface area contributed by atoms with Crippen LogP contribution in [0.15, 0.2) is 36.4 Å². The smallest absolute Gasteiger partial charge is 0.338 e. The van der Waals surface area contributed by atoms with Crippen LogP contribution >= 0.6 is 23.2 Å². The van der Waals surface area contributed by atoms with E-state index in [9.17, 15) is 24.8 Å². The molecule has 9 nitrogen and oxygen atoms in total. The van der Waals surface area contributed by atoms with Crippen LogP contribution in [0.1, 0.15) is 27.6 Å². The number of aliphatic hydroxyl groups is 1. The number of nitro benzene ring substituents is 1. The predicted octanol–water partition coefficient (Wildman–Crippen LogP) is 3.25. The standard InChI is InChI=1S/C19H18Cl2N2O7/c1-2-29-19(26)12-6-11(7-13(8-12)23(27)28)18(25)22-9-14(24)10-30-16-5-3-4-15(20)17(16)21/h3-8,14,24H,2,9-10H2,1H3,(H,22,25). The van der Waals surface area contributed by atoms with E-state index in [-0.39, 0.29) is 41.7 Å². The molecule has 0 spiro atoms. The number of nitrogens with one attached hydrogen (secondary N) is 1. The van der Waals surface area contributed by atoms with Crippen LogP contribution in [-0.4, -0.2) is 47.8 Å². The minimum atomic E-state index is -1.10. The maximum absolute atomic E-state index is 12.4. The molecule has 2 N–H and O–H groups in total. The lowest BCUT2D eigenvalue weighted by molar-refractivity contribution is -0.384. The fourth-order valence-electron chi connectivity index (χ4n) is 2.33. The summed E-state index contributed by atoms with van der Waals surface area (Å²) in [6, 6.07) is 7.99. The highest BCUT2D eigenvalue weighted by molar-refractivity contribution is 6.42. The summed E-state index contributed by atoms with van der Waals surface area (Å²) in [5.41, 5.74) is -0.695. The molecule has 2 rings (SSSR count). The Morgan fingerprint density at radius 1 is 1.23 bits per heavy atom. The zero-order valence-electron chi connectivity index (χ0n) is 15.8. The minimum Gasteiger partial charge on any atom is -0.489 e. The molecule has 1 unspecified atom stereocenters. The summed E-state index contributed by atoms with van der Waals surface area (Å²) in [4.78, 5) is 34.6. The second kappa shape index (κ2) is 10.8. The highest BCUT2D eigenvalue weighted by atomic mass is 35.5. The largest absolute Gasteiger partial charge is 0.489 e. The molecule has 160 valence electrons. The number of carbonyl (C=O) groups excluding carboxylic acids is 2. The zero-order valence-corrected chi connectivity index (χ0v) is 17.3. The Hall–Kier alpha value is -2.88. The van der Waals surface area contributed by atoms with E-state index in [1.807, 2.05) is 0 Å². The lowest BCUT2D eigenvalue weighted by atomic mass is 10.1. The van der Waals surface area contributed by atoms with E-state index in [1.54, 1.807) is 25.1 Å². The fourth-order valence-corrected chi connectivity index (χ4v) is 2.68. The number of hydrogen-bond acceptors (Lipinski definition) is 7. The molecule has 0 bridgehead atoms. The molecule has 2 aromatic carbocycles. The summed E-state index contributed by atoms with van der Waals surface area (Å²) in [7, 11) is 0. The fraction of sp³-hybridized carbons (Fsp3) is 0.263. The average Bonchev–Trinajstić information content (AvgIpc) is 2.72. The van der Waals surface area contributed by atoms with E-state index in [1.165, 1.54) is 6.07 Å². The lowest BCUT2D eigenvalue weighted by Gasteiger charge is -2.14. The lowest BCUT2D eigenvalue weighted by Crippen LogP contribution is -2.35. The van der Waals surface area contributed by atoms with Gasteiger partial charge in [0.25, 0.3) is 11.6 Å². The van der Waals surface area contributed by atoms with Crippen LogP contribution in [0.2, 0.25) is 10.0 Å². The Morgan fingerprint density at radius 2 is 1.93 bits per heavy atom. The molecule has 11 heteroatoms. The average molecular weight is 457 g/mol. The highest BCUT2D eigenvalue weighted by Gasteiger charge is 2.19. The molecule has 0 saturated carbocycles. The molecule has 0 heterocycles. The molecule has 30 heavy (non-hydrogen) atoms. The van der Waals surface area contributed by atoms with E-state index in [2.05, 4.69) is 5.32 Å². The number of non-ortho nitro benzene ring substituents is 1. The van der Waals surface area contributed by atoms with Gasteiger partial charge in [-0.2, -0.15) is 0 Å².